The van der Waals surface area contributed by atoms with Crippen LogP contribution in [0.25, 0.3) is 0 Å². The second-order valence-electron chi connectivity index (χ2n) is 5.83. The van der Waals surface area contributed by atoms with Gasteiger partial charge in [0.05, 0.1) is 17.4 Å². The lowest BCUT2D eigenvalue weighted by molar-refractivity contribution is 0.288. The molecule has 0 aromatic carbocycles. The van der Waals surface area contributed by atoms with Crippen LogP contribution in [-0.2, 0) is 12.1 Å². The fourth-order valence-corrected chi connectivity index (χ4v) is 1.92. The Bertz CT molecular complexity index is 688. The van der Waals surface area contributed by atoms with Crippen LogP contribution in [0.4, 0.5) is 0 Å². The van der Waals surface area contributed by atoms with Crippen molar-refractivity contribution in [3.63, 3.8) is 0 Å². The summed E-state index contributed by atoms with van der Waals surface area (Å²) in [5, 5.41) is 4.15. The first kappa shape index (κ1) is 15.5. The molecule has 0 amide bonds. The monoisotopic (exact) mass is 307 g/mol. The molecule has 2 aromatic heterocycles. The minimum atomic E-state index is -0.433. The molecular formula is C15H18ClN3O2. The molecular weight excluding hydrogens is 290 g/mol. The predicted octanol–water partition coefficient (Wildman–Crippen LogP) is 2.93. The van der Waals surface area contributed by atoms with E-state index in [1.807, 2.05) is 39.8 Å². The van der Waals surface area contributed by atoms with Gasteiger partial charge in [0.1, 0.15) is 6.61 Å². The molecule has 21 heavy (non-hydrogen) atoms. The van der Waals surface area contributed by atoms with Gasteiger partial charge in [-0.2, -0.15) is 5.10 Å². The highest BCUT2D eigenvalue weighted by molar-refractivity contribution is 6.31. The van der Waals surface area contributed by atoms with Crippen LogP contribution in [-0.4, -0.2) is 14.8 Å². The summed E-state index contributed by atoms with van der Waals surface area (Å²) in [5.74, 6) is 0.268. The molecule has 0 aliphatic rings. The molecule has 0 radical (unpaired) electrons. The van der Waals surface area contributed by atoms with Crippen LogP contribution in [0.2, 0.25) is 5.02 Å². The normalized spacial score (nSPS) is 11.5. The average molecular weight is 308 g/mol. The van der Waals surface area contributed by atoms with Gasteiger partial charge in [0, 0.05) is 6.20 Å². The van der Waals surface area contributed by atoms with Crippen LogP contribution in [0.5, 0.6) is 5.75 Å². The lowest BCUT2D eigenvalue weighted by atomic mass is 10.1. The summed E-state index contributed by atoms with van der Waals surface area (Å²) in [7, 11) is 0. The van der Waals surface area contributed by atoms with Crippen molar-refractivity contribution in [3.05, 3.63) is 51.2 Å². The van der Waals surface area contributed by atoms with Gasteiger partial charge in [-0.1, -0.05) is 17.7 Å². The zero-order valence-electron chi connectivity index (χ0n) is 12.6. The topological polar surface area (TPSA) is 57.0 Å². The van der Waals surface area contributed by atoms with Crippen molar-refractivity contribution in [2.24, 2.45) is 0 Å². The molecule has 0 N–H and O–H groups in total. The highest BCUT2D eigenvalue weighted by Gasteiger charge is 2.19. The molecule has 0 unspecified atom stereocenters. The lowest BCUT2D eigenvalue weighted by Crippen LogP contribution is -2.36. The van der Waals surface area contributed by atoms with Crippen molar-refractivity contribution in [1.82, 2.24) is 14.8 Å². The standard InChI is InChI=1S/C15H18ClN3O2/c1-10-5-6-11(17-7-10)9-21-12-8-18-19(15(2,3)4)14(20)13(12)16/h5-8H,9H2,1-4H3. The van der Waals surface area contributed by atoms with E-state index in [-0.39, 0.29) is 22.9 Å². The van der Waals surface area contributed by atoms with E-state index in [0.717, 1.165) is 11.3 Å². The molecule has 0 aliphatic carbocycles. The number of nitrogens with zero attached hydrogens (tertiary/aromatic N) is 3. The Hall–Kier alpha value is -1.88. The average Bonchev–Trinajstić information content (AvgIpc) is 2.41. The number of hydrogen-bond acceptors (Lipinski definition) is 4. The van der Waals surface area contributed by atoms with Gasteiger partial charge in [0.25, 0.3) is 5.56 Å². The summed E-state index contributed by atoms with van der Waals surface area (Å²) in [6, 6.07) is 3.82. The Morgan fingerprint density at radius 2 is 2.00 bits per heavy atom. The highest BCUT2D eigenvalue weighted by Crippen LogP contribution is 2.21. The van der Waals surface area contributed by atoms with Gasteiger partial charge in [-0.15, -0.1) is 0 Å². The third-order valence-corrected chi connectivity index (χ3v) is 3.22. The zero-order valence-corrected chi connectivity index (χ0v) is 13.3. The fraction of sp³-hybridized carbons (Fsp3) is 0.400. The third kappa shape index (κ3) is 3.61. The van der Waals surface area contributed by atoms with Crippen molar-refractivity contribution < 1.29 is 4.74 Å². The molecule has 6 heteroatoms. The molecule has 2 heterocycles. The van der Waals surface area contributed by atoms with Gasteiger partial charge in [-0.05, 0) is 39.3 Å². The van der Waals surface area contributed by atoms with E-state index in [4.69, 9.17) is 16.3 Å². The predicted molar refractivity (Wildman–Crippen MR) is 81.8 cm³/mol. The smallest absolute Gasteiger partial charge is 0.289 e. The maximum absolute atomic E-state index is 12.2. The molecule has 0 fully saturated rings. The van der Waals surface area contributed by atoms with Crippen LogP contribution in [0.1, 0.15) is 32.0 Å². The third-order valence-electron chi connectivity index (χ3n) is 2.87. The van der Waals surface area contributed by atoms with Gasteiger partial charge >= 0.3 is 0 Å². The van der Waals surface area contributed by atoms with Crippen LogP contribution in [0, 0.1) is 6.92 Å². The summed E-state index contributed by atoms with van der Waals surface area (Å²) < 4.78 is 6.88. The summed E-state index contributed by atoms with van der Waals surface area (Å²) in [6.45, 7) is 7.85. The summed E-state index contributed by atoms with van der Waals surface area (Å²) in [6.07, 6.45) is 3.22. The number of rotatable bonds is 3. The maximum Gasteiger partial charge on any atom is 0.289 e. The molecule has 0 spiro atoms. The number of halogens is 1. The Kier molecular flexibility index (Phi) is 4.32. The molecule has 0 aliphatic heterocycles. The van der Waals surface area contributed by atoms with E-state index in [2.05, 4.69) is 10.1 Å². The Labute approximate surface area is 128 Å². The quantitative estimate of drug-likeness (QED) is 0.875. The number of aryl methyl sites for hydroxylation is 1. The van der Waals surface area contributed by atoms with Gasteiger partial charge < -0.3 is 4.74 Å². The SMILES string of the molecule is Cc1ccc(COc2cnn(C(C)(C)C)c(=O)c2Cl)nc1. The molecule has 112 valence electrons. The fourth-order valence-electron chi connectivity index (χ4n) is 1.73. The van der Waals surface area contributed by atoms with Crippen molar-refractivity contribution in [1.29, 1.82) is 0 Å². The van der Waals surface area contributed by atoms with Gasteiger partial charge in [-0.3, -0.25) is 9.78 Å². The van der Waals surface area contributed by atoms with Crippen molar-refractivity contribution >= 4 is 11.6 Å². The van der Waals surface area contributed by atoms with E-state index in [1.54, 1.807) is 6.20 Å². The zero-order chi connectivity index (χ0) is 15.6. The first-order valence-electron chi connectivity index (χ1n) is 6.61. The van der Waals surface area contributed by atoms with Crippen LogP contribution in [0.3, 0.4) is 0 Å². The highest BCUT2D eigenvalue weighted by atomic mass is 35.5. The Morgan fingerprint density at radius 3 is 2.57 bits per heavy atom. The molecule has 0 bridgehead atoms. The summed E-state index contributed by atoms with van der Waals surface area (Å²) in [5.41, 5.74) is 1.04. The molecule has 0 atom stereocenters. The van der Waals surface area contributed by atoms with E-state index in [1.165, 1.54) is 10.9 Å². The molecule has 2 aromatic rings. The van der Waals surface area contributed by atoms with Gasteiger partial charge in [0.15, 0.2) is 10.8 Å². The van der Waals surface area contributed by atoms with Crippen LogP contribution in [0.15, 0.2) is 29.3 Å². The summed E-state index contributed by atoms with van der Waals surface area (Å²) >= 11 is 6.08. The Morgan fingerprint density at radius 1 is 1.29 bits per heavy atom. The first-order chi connectivity index (χ1) is 9.79. The summed E-state index contributed by atoms with van der Waals surface area (Å²) in [4.78, 5) is 16.4. The van der Waals surface area contributed by atoms with E-state index < -0.39 is 5.54 Å². The largest absolute Gasteiger partial charge is 0.484 e. The molecule has 5 nitrogen and oxygen atoms in total. The number of ether oxygens (including phenoxy) is 1. The number of aromatic nitrogens is 3. The number of hydrogen-bond donors (Lipinski definition) is 0. The van der Waals surface area contributed by atoms with Crippen LogP contribution >= 0.6 is 11.6 Å². The van der Waals surface area contributed by atoms with Crippen LogP contribution < -0.4 is 10.3 Å². The minimum absolute atomic E-state index is 0.0343. The molecule has 0 saturated carbocycles. The van der Waals surface area contributed by atoms with Crippen molar-refractivity contribution in [2.45, 2.75) is 39.8 Å². The Balaban J connectivity index is 2.20. The second-order valence-corrected chi connectivity index (χ2v) is 6.20. The van der Waals surface area contributed by atoms with E-state index in [0.29, 0.717) is 0 Å². The lowest BCUT2D eigenvalue weighted by Gasteiger charge is -2.21. The van der Waals surface area contributed by atoms with Gasteiger partial charge in [-0.25, -0.2) is 4.68 Å². The van der Waals surface area contributed by atoms with E-state index in [9.17, 15) is 4.79 Å². The first-order valence-corrected chi connectivity index (χ1v) is 6.99. The molecule has 0 saturated heterocycles. The molecule has 2 rings (SSSR count). The van der Waals surface area contributed by atoms with Gasteiger partial charge in [0.2, 0.25) is 0 Å². The van der Waals surface area contributed by atoms with Crippen molar-refractivity contribution in [3.8, 4) is 5.75 Å². The maximum atomic E-state index is 12.2. The van der Waals surface area contributed by atoms with E-state index >= 15 is 0 Å². The number of pyridine rings is 1. The second kappa shape index (κ2) is 5.85. The minimum Gasteiger partial charge on any atom is -0.484 e. The van der Waals surface area contributed by atoms with Crippen molar-refractivity contribution in [2.75, 3.05) is 0 Å².